The maximum absolute atomic E-state index is 12.8. The second-order valence-corrected chi connectivity index (χ2v) is 5.11. The molecule has 1 amide bonds. The summed E-state index contributed by atoms with van der Waals surface area (Å²) in [5, 5.41) is 2.60. The molecule has 0 bridgehead atoms. The summed E-state index contributed by atoms with van der Waals surface area (Å²) in [6.07, 6.45) is 0. The molecule has 1 N–H and O–H groups in total. The number of methoxy groups -OCH3 is 1. The zero-order valence-corrected chi connectivity index (χ0v) is 13.3. The van der Waals surface area contributed by atoms with Crippen molar-refractivity contribution >= 4 is 11.9 Å². The van der Waals surface area contributed by atoms with Crippen molar-refractivity contribution in [3.8, 4) is 0 Å². The minimum Gasteiger partial charge on any atom is -0.452 e. The van der Waals surface area contributed by atoms with Crippen LogP contribution in [0.4, 0.5) is 4.39 Å². The summed E-state index contributed by atoms with van der Waals surface area (Å²) in [6.45, 7) is 0.323. The molecule has 2 aromatic carbocycles. The standard InChI is InChI=1S/C18H18FNO4/c1-23-11-14-2-6-15(7-3-14)18(22)24-12-17(21)20-10-13-4-8-16(19)9-5-13/h2-9H,10-12H2,1H3,(H,20,21). The second-order valence-electron chi connectivity index (χ2n) is 5.11. The second kappa shape index (κ2) is 8.79. The lowest BCUT2D eigenvalue weighted by molar-refractivity contribution is -0.124. The average molecular weight is 331 g/mol. The maximum Gasteiger partial charge on any atom is 0.338 e. The van der Waals surface area contributed by atoms with E-state index in [1.54, 1.807) is 43.5 Å². The summed E-state index contributed by atoms with van der Waals surface area (Å²) in [7, 11) is 1.59. The van der Waals surface area contributed by atoms with E-state index < -0.39 is 11.9 Å². The van der Waals surface area contributed by atoms with Gasteiger partial charge >= 0.3 is 5.97 Å². The number of rotatable bonds is 7. The predicted molar refractivity (Wildman–Crippen MR) is 85.7 cm³/mol. The molecule has 0 aliphatic heterocycles. The lowest BCUT2D eigenvalue weighted by Gasteiger charge is -2.07. The van der Waals surface area contributed by atoms with Gasteiger partial charge < -0.3 is 14.8 Å². The lowest BCUT2D eigenvalue weighted by Crippen LogP contribution is -2.28. The van der Waals surface area contributed by atoms with Gasteiger partial charge in [-0.3, -0.25) is 4.79 Å². The number of hydrogen-bond donors (Lipinski definition) is 1. The van der Waals surface area contributed by atoms with Crippen molar-refractivity contribution in [1.29, 1.82) is 0 Å². The number of benzene rings is 2. The first-order valence-corrected chi connectivity index (χ1v) is 7.34. The van der Waals surface area contributed by atoms with Crippen molar-refractivity contribution in [3.63, 3.8) is 0 Å². The topological polar surface area (TPSA) is 64.6 Å². The van der Waals surface area contributed by atoms with Crippen LogP contribution >= 0.6 is 0 Å². The van der Waals surface area contributed by atoms with Crippen LogP contribution in [0.5, 0.6) is 0 Å². The molecule has 0 saturated carbocycles. The fourth-order valence-corrected chi connectivity index (χ4v) is 1.97. The van der Waals surface area contributed by atoms with Gasteiger partial charge in [0.05, 0.1) is 12.2 Å². The minimum atomic E-state index is -0.573. The van der Waals surface area contributed by atoms with E-state index in [1.807, 2.05) is 0 Å². The molecule has 0 aliphatic rings. The highest BCUT2D eigenvalue weighted by molar-refractivity contribution is 5.91. The Balaban J connectivity index is 1.76. The van der Waals surface area contributed by atoms with Crippen LogP contribution in [0.1, 0.15) is 21.5 Å². The van der Waals surface area contributed by atoms with Crippen molar-refractivity contribution in [2.75, 3.05) is 13.7 Å². The zero-order valence-electron chi connectivity index (χ0n) is 13.3. The molecule has 2 rings (SSSR count). The van der Waals surface area contributed by atoms with Gasteiger partial charge in [-0.15, -0.1) is 0 Å². The Morgan fingerprint density at radius 3 is 2.25 bits per heavy atom. The van der Waals surface area contributed by atoms with E-state index in [-0.39, 0.29) is 19.0 Å². The molecule has 2 aromatic rings. The van der Waals surface area contributed by atoms with Crippen LogP contribution in [0, 0.1) is 5.82 Å². The molecule has 0 heterocycles. The number of halogens is 1. The smallest absolute Gasteiger partial charge is 0.338 e. The number of esters is 1. The number of hydrogen-bond acceptors (Lipinski definition) is 4. The van der Waals surface area contributed by atoms with E-state index in [0.29, 0.717) is 12.2 Å². The molecular weight excluding hydrogens is 313 g/mol. The summed E-state index contributed by atoms with van der Waals surface area (Å²) in [4.78, 5) is 23.5. The van der Waals surface area contributed by atoms with Crippen LogP contribution in [0.25, 0.3) is 0 Å². The molecule has 0 saturated heterocycles. The first-order chi connectivity index (χ1) is 11.6. The molecule has 6 heteroatoms. The fourth-order valence-electron chi connectivity index (χ4n) is 1.97. The number of ether oxygens (including phenoxy) is 2. The van der Waals surface area contributed by atoms with E-state index in [9.17, 15) is 14.0 Å². The van der Waals surface area contributed by atoms with Gasteiger partial charge in [0.1, 0.15) is 5.82 Å². The van der Waals surface area contributed by atoms with Crippen molar-refractivity contribution in [3.05, 3.63) is 71.0 Å². The van der Waals surface area contributed by atoms with Crippen LogP contribution in [0.15, 0.2) is 48.5 Å². The number of amides is 1. The average Bonchev–Trinajstić information content (AvgIpc) is 2.60. The lowest BCUT2D eigenvalue weighted by atomic mass is 10.1. The highest BCUT2D eigenvalue weighted by Gasteiger charge is 2.10. The van der Waals surface area contributed by atoms with E-state index >= 15 is 0 Å². The number of carbonyl (C=O) groups is 2. The van der Waals surface area contributed by atoms with Gasteiger partial charge in [-0.05, 0) is 35.4 Å². The van der Waals surface area contributed by atoms with Crippen LogP contribution < -0.4 is 5.32 Å². The molecule has 0 fully saturated rings. The quantitative estimate of drug-likeness (QED) is 0.792. The number of carbonyl (C=O) groups excluding carboxylic acids is 2. The van der Waals surface area contributed by atoms with E-state index in [2.05, 4.69) is 5.32 Å². The van der Waals surface area contributed by atoms with Crippen LogP contribution in [0.3, 0.4) is 0 Å². The molecule has 0 aliphatic carbocycles. The third-order valence-corrected chi connectivity index (χ3v) is 3.24. The Kier molecular flexibility index (Phi) is 6.45. The van der Waals surface area contributed by atoms with Crippen molar-refractivity contribution in [2.45, 2.75) is 13.2 Å². The van der Waals surface area contributed by atoms with E-state index in [1.165, 1.54) is 12.1 Å². The van der Waals surface area contributed by atoms with Crippen LogP contribution in [-0.2, 0) is 27.4 Å². The number of nitrogens with one attached hydrogen (secondary N) is 1. The van der Waals surface area contributed by atoms with Gasteiger partial charge in [0, 0.05) is 13.7 Å². The Morgan fingerprint density at radius 1 is 1.00 bits per heavy atom. The Hall–Kier alpha value is -2.73. The summed E-state index contributed by atoms with van der Waals surface area (Å²) in [6, 6.07) is 12.5. The molecule has 24 heavy (non-hydrogen) atoms. The summed E-state index contributed by atoms with van der Waals surface area (Å²) in [5.41, 5.74) is 2.05. The van der Waals surface area contributed by atoms with Crippen LogP contribution in [-0.4, -0.2) is 25.6 Å². The molecule has 0 atom stereocenters. The monoisotopic (exact) mass is 331 g/mol. The molecule has 0 spiro atoms. The summed E-state index contributed by atoms with van der Waals surface area (Å²) >= 11 is 0. The molecule has 0 radical (unpaired) electrons. The first kappa shape index (κ1) is 17.6. The minimum absolute atomic E-state index is 0.238. The SMILES string of the molecule is COCc1ccc(C(=O)OCC(=O)NCc2ccc(F)cc2)cc1. The predicted octanol–water partition coefficient (Wildman–Crippen LogP) is 2.45. The molecule has 126 valence electrons. The largest absolute Gasteiger partial charge is 0.452 e. The first-order valence-electron chi connectivity index (χ1n) is 7.34. The van der Waals surface area contributed by atoms with Gasteiger partial charge in [0.2, 0.25) is 0 Å². The van der Waals surface area contributed by atoms with Crippen molar-refractivity contribution in [1.82, 2.24) is 5.32 Å². The highest BCUT2D eigenvalue weighted by Crippen LogP contribution is 2.07. The summed E-state index contributed by atoms with van der Waals surface area (Å²) < 4.78 is 22.7. The Labute approximate surface area is 139 Å². The highest BCUT2D eigenvalue weighted by atomic mass is 19.1. The van der Waals surface area contributed by atoms with E-state index in [0.717, 1.165) is 11.1 Å². The van der Waals surface area contributed by atoms with Crippen molar-refractivity contribution < 1.29 is 23.5 Å². The maximum atomic E-state index is 12.8. The fraction of sp³-hybridized carbons (Fsp3) is 0.222. The van der Waals surface area contributed by atoms with Gasteiger partial charge in [-0.25, -0.2) is 9.18 Å². The normalized spacial score (nSPS) is 10.2. The van der Waals surface area contributed by atoms with E-state index in [4.69, 9.17) is 9.47 Å². The molecule has 0 unspecified atom stereocenters. The molecule has 5 nitrogen and oxygen atoms in total. The van der Waals surface area contributed by atoms with Gasteiger partial charge in [-0.2, -0.15) is 0 Å². The third kappa shape index (κ3) is 5.48. The van der Waals surface area contributed by atoms with Crippen molar-refractivity contribution in [2.24, 2.45) is 0 Å². The summed E-state index contributed by atoms with van der Waals surface area (Å²) in [5.74, 6) is -1.34. The van der Waals surface area contributed by atoms with Gasteiger partial charge in [-0.1, -0.05) is 24.3 Å². The zero-order chi connectivity index (χ0) is 17.4. The Bertz CT molecular complexity index is 683. The van der Waals surface area contributed by atoms with Gasteiger partial charge in [0.15, 0.2) is 6.61 Å². The van der Waals surface area contributed by atoms with Gasteiger partial charge in [0.25, 0.3) is 5.91 Å². The molecular formula is C18H18FNO4. The molecule has 0 aromatic heterocycles. The Morgan fingerprint density at radius 2 is 1.62 bits per heavy atom. The van der Waals surface area contributed by atoms with Crippen LogP contribution in [0.2, 0.25) is 0 Å². The third-order valence-electron chi connectivity index (χ3n) is 3.24.